The van der Waals surface area contributed by atoms with Gasteiger partial charge in [-0.05, 0) is 19.5 Å². The molecule has 18 heavy (non-hydrogen) atoms. The molecule has 0 saturated carbocycles. The highest BCUT2D eigenvalue weighted by atomic mass is 16.3. The molecule has 1 unspecified atom stereocenters. The average molecular weight is 248 g/mol. The van der Waals surface area contributed by atoms with Gasteiger partial charge in [-0.3, -0.25) is 4.79 Å². The number of piperazine rings is 1. The fraction of sp³-hybridized carbons (Fsp3) is 0.500. The lowest BCUT2D eigenvalue weighted by molar-refractivity contribution is -0.142. The maximum atomic E-state index is 12.1. The topological polar surface area (TPSA) is 43.8 Å². The van der Waals surface area contributed by atoms with E-state index in [0.717, 1.165) is 18.7 Å². The van der Waals surface area contributed by atoms with Crippen molar-refractivity contribution in [2.45, 2.75) is 13.0 Å². The first kappa shape index (κ1) is 13.1. The van der Waals surface area contributed by atoms with Gasteiger partial charge in [-0.2, -0.15) is 0 Å². The van der Waals surface area contributed by atoms with Crippen LogP contribution in [0.15, 0.2) is 24.3 Å². The molecule has 1 aromatic carbocycles. The highest BCUT2D eigenvalue weighted by Crippen LogP contribution is 2.17. The van der Waals surface area contributed by atoms with Crippen LogP contribution in [0, 0.1) is 6.92 Å². The molecule has 4 nitrogen and oxygen atoms in total. The molecule has 1 saturated heterocycles. The number of aliphatic hydroxyl groups excluding tert-OH is 1. The Kier molecular flexibility index (Phi) is 3.99. The highest BCUT2D eigenvalue weighted by Gasteiger charge is 2.25. The monoisotopic (exact) mass is 248 g/mol. The Morgan fingerprint density at radius 1 is 1.17 bits per heavy atom. The van der Waals surface area contributed by atoms with Crippen molar-refractivity contribution < 1.29 is 9.90 Å². The van der Waals surface area contributed by atoms with Gasteiger partial charge in [-0.25, -0.2) is 0 Å². The molecule has 0 spiro atoms. The van der Waals surface area contributed by atoms with E-state index in [0.29, 0.717) is 18.7 Å². The van der Waals surface area contributed by atoms with E-state index in [2.05, 4.69) is 4.90 Å². The number of likely N-dealkylation sites (N-methyl/N-ethyl adjacent to an activating group) is 1. The van der Waals surface area contributed by atoms with Crippen molar-refractivity contribution in [3.63, 3.8) is 0 Å². The second-order valence-corrected chi connectivity index (χ2v) is 4.94. The van der Waals surface area contributed by atoms with Gasteiger partial charge in [0, 0.05) is 26.2 Å². The van der Waals surface area contributed by atoms with Crippen molar-refractivity contribution in [2.24, 2.45) is 0 Å². The number of aliphatic hydroxyl groups is 1. The van der Waals surface area contributed by atoms with Gasteiger partial charge in [0.15, 0.2) is 6.10 Å². The lowest BCUT2D eigenvalue weighted by Gasteiger charge is -2.33. The predicted octanol–water partition coefficient (Wildman–Crippen LogP) is 0.802. The van der Waals surface area contributed by atoms with Crippen LogP contribution < -0.4 is 0 Å². The zero-order valence-corrected chi connectivity index (χ0v) is 11.0. The highest BCUT2D eigenvalue weighted by molar-refractivity contribution is 5.82. The van der Waals surface area contributed by atoms with E-state index in [9.17, 15) is 9.90 Å². The molecule has 0 aromatic heterocycles. The molecule has 1 aliphatic heterocycles. The van der Waals surface area contributed by atoms with Gasteiger partial charge in [0.05, 0.1) is 0 Å². The summed E-state index contributed by atoms with van der Waals surface area (Å²) in [5.41, 5.74) is 1.79. The van der Waals surface area contributed by atoms with Crippen LogP contribution >= 0.6 is 0 Å². The van der Waals surface area contributed by atoms with Crippen molar-refractivity contribution in [3.05, 3.63) is 35.4 Å². The average Bonchev–Trinajstić information content (AvgIpc) is 2.39. The number of carbonyl (C=O) groups excluding carboxylic acids is 1. The standard InChI is InChI=1S/C14H20N2O2/c1-11-3-5-12(6-4-11)13(17)14(18)16-9-7-15(2)8-10-16/h3-6,13,17H,7-10H2,1-2H3. The smallest absolute Gasteiger partial charge is 0.256 e. The minimum Gasteiger partial charge on any atom is -0.378 e. The first-order chi connectivity index (χ1) is 8.58. The molecular formula is C14H20N2O2. The summed E-state index contributed by atoms with van der Waals surface area (Å²) in [4.78, 5) is 16.1. The van der Waals surface area contributed by atoms with Crippen LogP contribution in [0.25, 0.3) is 0 Å². The van der Waals surface area contributed by atoms with Gasteiger partial charge < -0.3 is 14.9 Å². The maximum Gasteiger partial charge on any atom is 0.256 e. The third-order valence-corrected chi connectivity index (χ3v) is 3.44. The molecule has 1 aliphatic rings. The van der Waals surface area contributed by atoms with Crippen molar-refractivity contribution >= 4 is 5.91 Å². The summed E-state index contributed by atoms with van der Waals surface area (Å²) < 4.78 is 0. The van der Waals surface area contributed by atoms with Crippen LogP contribution in [-0.2, 0) is 4.79 Å². The van der Waals surface area contributed by atoms with Gasteiger partial charge >= 0.3 is 0 Å². The zero-order chi connectivity index (χ0) is 13.1. The molecule has 0 aliphatic carbocycles. The summed E-state index contributed by atoms with van der Waals surface area (Å²) in [6, 6.07) is 7.45. The van der Waals surface area contributed by atoms with Crippen LogP contribution in [-0.4, -0.2) is 54.0 Å². The molecule has 0 bridgehead atoms. The molecule has 4 heteroatoms. The molecule has 2 rings (SSSR count). The third-order valence-electron chi connectivity index (χ3n) is 3.44. The molecular weight excluding hydrogens is 228 g/mol. The predicted molar refractivity (Wildman–Crippen MR) is 70.2 cm³/mol. The summed E-state index contributed by atoms with van der Waals surface area (Å²) in [7, 11) is 2.04. The zero-order valence-electron chi connectivity index (χ0n) is 11.0. The Morgan fingerprint density at radius 2 is 1.72 bits per heavy atom. The number of amides is 1. The fourth-order valence-corrected chi connectivity index (χ4v) is 2.09. The number of nitrogens with zero attached hydrogens (tertiary/aromatic N) is 2. The Morgan fingerprint density at radius 3 is 2.28 bits per heavy atom. The van der Waals surface area contributed by atoms with Crippen LogP contribution in [0.4, 0.5) is 0 Å². The molecule has 98 valence electrons. The summed E-state index contributed by atoms with van der Waals surface area (Å²) in [5.74, 6) is -0.188. The fourth-order valence-electron chi connectivity index (χ4n) is 2.09. The van der Waals surface area contributed by atoms with Gasteiger partial charge in [0.25, 0.3) is 5.91 Å². The van der Waals surface area contributed by atoms with E-state index in [4.69, 9.17) is 0 Å². The van der Waals surface area contributed by atoms with Crippen molar-refractivity contribution in [3.8, 4) is 0 Å². The molecule has 1 amide bonds. The number of carbonyl (C=O) groups is 1. The lowest BCUT2D eigenvalue weighted by atomic mass is 10.1. The molecule has 0 radical (unpaired) electrons. The summed E-state index contributed by atoms with van der Waals surface area (Å²) in [6.07, 6.45) is -1.03. The van der Waals surface area contributed by atoms with E-state index in [1.807, 2.05) is 38.2 Å². The number of aryl methyl sites for hydroxylation is 1. The van der Waals surface area contributed by atoms with Crippen LogP contribution in [0.2, 0.25) is 0 Å². The van der Waals surface area contributed by atoms with Crippen LogP contribution in [0.1, 0.15) is 17.2 Å². The van der Waals surface area contributed by atoms with Crippen molar-refractivity contribution in [1.29, 1.82) is 0 Å². The van der Waals surface area contributed by atoms with Crippen LogP contribution in [0.3, 0.4) is 0 Å². The molecule has 1 fully saturated rings. The molecule has 1 aromatic rings. The normalized spacial score (nSPS) is 18.7. The van der Waals surface area contributed by atoms with E-state index < -0.39 is 6.10 Å². The van der Waals surface area contributed by atoms with Gasteiger partial charge in [-0.1, -0.05) is 29.8 Å². The largest absolute Gasteiger partial charge is 0.378 e. The first-order valence-electron chi connectivity index (χ1n) is 6.30. The Labute approximate surface area is 108 Å². The number of rotatable bonds is 2. The second-order valence-electron chi connectivity index (χ2n) is 4.94. The third kappa shape index (κ3) is 2.89. The van der Waals surface area contributed by atoms with Crippen LogP contribution in [0.5, 0.6) is 0 Å². The minimum atomic E-state index is -1.03. The SMILES string of the molecule is Cc1ccc(C(O)C(=O)N2CCN(C)CC2)cc1. The van der Waals surface area contributed by atoms with Gasteiger partial charge in [0.2, 0.25) is 0 Å². The molecule has 1 atom stereocenters. The second kappa shape index (κ2) is 5.50. The number of hydrogen-bond acceptors (Lipinski definition) is 3. The molecule has 1 heterocycles. The van der Waals surface area contributed by atoms with E-state index >= 15 is 0 Å². The van der Waals surface area contributed by atoms with E-state index in [1.165, 1.54) is 0 Å². The number of hydrogen-bond donors (Lipinski definition) is 1. The lowest BCUT2D eigenvalue weighted by Crippen LogP contribution is -2.48. The Hall–Kier alpha value is -1.39. The van der Waals surface area contributed by atoms with Crippen molar-refractivity contribution in [2.75, 3.05) is 33.2 Å². The maximum absolute atomic E-state index is 12.1. The Bertz CT molecular complexity index is 408. The first-order valence-corrected chi connectivity index (χ1v) is 6.30. The van der Waals surface area contributed by atoms with E-state index in [1.54, 1.807) is 4.90 Å². The van der Waals surface area contributed by atoms with E-state index in [-0.39, 0.29) is 5.91 Å². The summed E-state index contributed by atoms with van der Waals surface area (Å²) >= 11 is 0. The quantitative estimate of drug-likeness (QED) is 0.842. The van der Waals surface area contributed by atoms with Gasteiger partial charge in [-0.15, -0.1) is 0 Å². The Balaban J connectivity index is 2.02. The molecule has 1 N–H and O–H groups in total. The van der Waals surface area contributed by atoms with Crippen molar-refractivity contribution in [1.82, 2.24) is 9.80 Å². The summed E-state index contributed by atoms with van der Waals surface area (Å²) in [5, 5.41) is 10.1. The number of benzene rings is 1. The summed E-state index contributed by atoms with van der Waals surface area (Å²) in [6.45, 7) is 5.10. The van der Waals surface area contributed by atoms with Gasteiger partial charge in [0.1, 0.15) is 0 Å². The minimum absolute atomic E-state index is 0.188.